The van der Waals surface area contributed by atoms with Crippen LogP contribution in [0.25, 0.3) is 11.1 Å². The molecule has 38 heavy (non-hydrogen) atoms. The van der Waals surface area contributed by atoms with Crippen molar-refractivity contribution in [3.05, 3.63) is 87.9 Å². The Labute approximate surface area is 233 Å². The van der Waals surface area contributed by atoms with Crippen molar-refractivity contribution >= 4 is 40.6 Å². The van der Waals surface area contributed by atoms with Gasteiger partial charge in [0.2, 0.25) is 5.91 Å². The fourth-order valence-corrected chi connectivity index (χ4v) is 5.57. The summed E-state index contributed by atoms with van der Waals surface area (Å²) in [6, 6.07) is 21.8. The van der Waals surface area contributed by atoms with Crippen LogP contribution >= 0.6 is 23.2 Å². The number of ether oxygens (including phenoxy) is 1. The summed E-state index contributed by atoms with van der Waals surface area (Å²) in [5.74, 6) is -0.699. The summed E-state index contributed by atoms with van der Waals surface area (Å²) < 4.78 is 5.55. The number of nitrogens with one attached hydrogen (secondary N) is 1. The monoisotopic (exact) mass is 551 g/mol. The van der Waals surface area contributed by atoms with Gasteiger partial charge >= 0.3 is 0 Å². The Kier molecular flexibility index (Phi) is 8.34. The summed E-state index contributed by atoms with van der Waals surface area (Å²) in [7, 11) is 1.84. The molecule has 2 unspecified atom stereocenters. The Morgan fingerprint density at radius 3 is 2.50 bits per heavy atom. The maximum atomic E-state index is 13.8. The first-order valence-electron chi connectivity index (χ1n) is 12.9. The predicted molar refractivity (Wildman–Crippen MR) is 152 cm³/mol. The zero-order chi connectivity index (χ0) is 26.6. The van der Waals surface area contributed by atoms with Gasteiger partial charge in [-0.1, -0.05) is 71.7 Å². The van der Waals surface area contributed by atoms with E-state index in [2.05, 4.69) is 40.5 Å². The summed E-state index contributed by atoms with van der Waals surface area (Å²) in [5.41, 5.74) is 4.75. The first-order chi connectivity index (χ1) is 18.4. The Balaban J connectivity index is 1.43. The van der Waals surface area contributed by atoms with Crippen LogP contribution in [0.5, 0.6) is 0 Å². The normalized spacial score (nSPS) is 18.4. The van der Waals surface area contributed by atoms with Crippen molar-refractivity contribution in [2.24, 2.45) is 0 Å². The highest BCUT2D eigenvalue weighted by Crippen LogP contribution is 2.38. The van der Waals surface area contributed by atoms with E-state index < -0.39 is 5.92 Å². The van der Waals surface area contributed by atoms with E-state index in [1.54, 1.807) is 17.0 Å². The lowest BCUT2D eigenvalue weighted by atomic mass is 9.86. The van der Waals surface area contributed by atoms with Crippen molar-refractivity contribution in [2.45, 2.75) is 18.4 Å². The average Bonchev–Trinajstić information content (AvgIpc) is 2.95. The van der Waals surface area contributed by atoms with Gasteiger partial charge in [0.15, 0.2) is 5.78 Å². The summed E-state index contributed by atoms with van der Waals surface area (Å²) in [6.45, 7) is 3.83. The molecule has 0 aromatic heterocycles. The number of ketones is 1. The molecule has 2 atom stereocenters. The molecule has 0 aliphatic carbocycles. The molecule has 198 valence electrons. The van der Waals surface area contributed by atoms with E-state index in [0.29, 0.717) is 35.4 Å². The average molecular weight is 553 g/mol. The third kappa shape index (κ3) is 5.89. The third-order valence-electron chi connectivity index (χ3n) is 7.46. The van der Waals surface area contributed by atoms with Gasteiger partial charge in [-0.3, -0.25) is 14.5 Å². The van der Waals surface area contributed by atoms with Gasteiger partial charge in [0.05, 0.1) is 41.8 Å². The second-order valence-corrected chi connectivity index (χ2v) is 10.7. The number of hydrogen-bond acceptors (Lipinski definition) is 5. The number of carbonyl (C=O) groups excluding carboxylic acids is 2. The number of morpholine rings is 1. The van der Waals surface area contributed by atoms with Crippen LogP contribution in [-0.4, -0.2) is 67.9 Å². The summed E-state index contributed by atoms with van der Waals surface area (Å²) in [4.78, 5) is 30.8. The van der Waals surface area contributed by atoms with Crippen LogP contribution in [0.15, 0.2) is 66.7 Å². The Bertz CT molecular complexity index is 1310. The molecule has 8 heteroatoms. The molecule has 0 radical (unpaired) electrons. The first kappa shape index (κ1) is 26.7. The van der Waals surface area contributed by atoms with Gasteiger partial charge in [0.1, 0.15) is 0 Å². The van der Waals surface area contributed by atoms with E-state index in [0.717, 1.165) is 35.5 Å². The molecule has 0 spiro atoms. The second kappa shape index (κ2) is 11.9. The number of fused-ring (bicyclic) bond motifs is 1. The molecule has 2 aliphatic heterocycles. The van der Waals surface area contributed by atoms with Crippen molar-refractivity contribution in [3.8, 4) is 11.1 Å². The van der Waals surface area contributed by atoms with Crippen LogP contribution in [0.2, 0.25) is 10.0 Å². The van der Waals surface area contributed by atoms with Gasteiger partial charge in [0.25, 0.3) is 0 Å². The van der Waals surface area contributed by atoms with Gasteiger partial charge in [-0.05, 0) is 40.5 Å². The predicted octanol–water partition coefficient (Wildman–Crippen LogP) is 5.66. The van der Waals surface area contributed by atoms with Crippen molar-refractivity contribution < 1.29 is 14.3 Å². The molecular formula is C30H31Cl2N3O3. The zero-order valence-corrected chi connectivity index (χ0v) is 22.8. The summed E-state index contributed by atoms with van der Waals surface area (Å²) in [5, 5.41) is 3.89. The molecule has 3 aromatic rings. The smallest absolute Gasteiger partial charge is 0.223 e. The van der Waals surface area contributed by atoms with E-state index >= 15 is 0 Å². The number of carbonyl (C=O) groups is 2. The Morgan fingerprint density at radius 1 is 1.03 bits per heavy atom. The Morgan fingerprint density at radius 2 is 1.74 bits per heavy atom. The number of nitrogens with zero attached hydrogens (tertiary/aromatic N) is 2. The number of benzene rings is 3. The van der Waals surface area contributed by atoms with Gasteiger partial charge in [-0.25, -0.2) is 0 Å². The zero-order valence-electron chi connectivity index (χ0n) is 21.3. The molecule has 1 fully saturated rings. The molecule has 1 saturated heterocycles. The quantitative estimate of drug-likeness (QED) is 0.410. The van der Waals surface area contributed by atoms with Gasteiger partial charge in [0, 0.05) is 38.8 Å². The van der Waals surface area contributed by atoms with Crippen LogP contribution in [-0.2, 0) is 14.3 Å². The number of halogens is 2. The SMILES string of the molecule is CN(C(=O)CC1C(=O)CNc2cc(Cl)c(Cl)cc21)C(CN1CCOCC1)c1cccc(-c2ccccc2)c1. The summed E-state index contributed by atoms with van der Waals surface area (Å²) >= 11 is 12.5. The molecule has 6 nitrogen and oxygen atoms in total. The first-order valence-corrected chi connectivity index (χ1v) is 13.6. The molecule has 0 bridgehead atoms. The molecular weight excluding hydrogens is 521 g/mol. The highest BCUT2D eigenvalue weighted by molar-refractivity contribution is 6.42. The fraction of sp³-hybridized carbons (Fsp3) is 0.333. The molecule has 2 aliphatic rings. The number of anilines is 1. The number of amides is 1. The van der Waals surface area contributed by atoms with Crippen LogP contribution < -0.4 is 5.32 Å². The largest absolute Gasteiger partial charge is 0.379 e. The van der Waals surface area contributed by atoms with Gasteiger partial charge in [-0.15, -0.1) is 0 Å². The highest BCUT2D eigenvalue weighted by Gasteiger charge is 2.33. The molecule has 1 N–H and O–H groups in total. The lowest BCUT2D eigenvalue weighted by Crippen LogP contribution is -2.44. The number of rotatable bonds is 7. The van der Waals surface area contributed by atoms with Crippen molar-refractivity contribution in [1.29, 1.82) is 0 Å². The molecule has 2 heterocycles. The highest BCUT2D eigenvalue weighted by atomic mass is 35.5. The van der Waals surface area contributed by atoms with Crippen LogP contribution in [0.4, 0.5) is 5.69 Å². The number of hydrogen-bond donors (Lipinski definition) is 1. The molecule has 1 amide bonds. The van der Waals surface area contributed by atoms with Crippen LogP contribution in [0.3, 0.4) is 0 Å². The maximum Gasteiger partial charge on any atom is 0.223 e. The minimum atomic E-state index is -0.573. The van der Waals surface area contributed by atoms with Crippen molar-refractivity contribution in [1.82, 2.24) is 9.80 Å². The lowest BCUT2D eigenvalue weighted by molar-refractivity contribution is -0.135. The van der Waals surface area contributed by atoms with E-state index in [9.17, 15) is 9.59 Å². The van der Waals surface area contributed by atoms with E-state index in [1.165, 1.54) is 0 Å². The maximum absolute atomic E-state index is 13.8. The van der Waals surface area contributed by atoms with Crippen molar-refractivity contribution in [2.75, 3.05) is 51.8 Å². The molecule has 0 saturated carbocycles. The minimum absolute atomic E-state index is 0.0338. The minimum Gasteiger partial charge on any atom is -0.379 e. The van der Waals surface area contributed by atoms with Crippen LogP contribution in [0.1, 0.15) is 29.5 Å². The number of likely N-dealkylation sites (N-methyl/N-ethyl adjacent to an activating group) is 1. The topological polar surface area (TPSA) is 61.9 Å². The van der Waals surface area contributed by atoms with Gasteiger partial charge < -0.3 is 15.0 Å². The standard InChI is InChI=1S/C30H31Cl2N3O3/c1-34(30(37)16-24-23-15-25(31)26(32)17-27(23)33-18-29(24)36)28(19-35-10-12-38-13-11-35)22-9-5-8-21(14-22)20-6-3-2-4-7-20/h2-9,14-15,17,24,28,33H,10-13,16,18-19H2,1H3. The van der Waals surface area contributed by atoms with E-state index in [1.807, 2.05) is 31.3 Å². The van der Waals surface area contributed by atoms with E-state index in [4.69, 9.17) is 27.9 Å². The molecule has 5 rings (SSSR count). The summed E-state index contributed by atoms with van der Waals surface area (Å²) in [6.07, 6.45) is 0.0694. The van der Waals surface area contributed by atoms with Gasteiger partial charge in [-0.2, -0.15) is 0 Å². The number of Topliss-reactive ketones (excluding diaryl/α,β-unsaturated/α-hetero) is 1. The fourth-order valence-electron chi connectivity index (χ4n) is 5.23. The lowest BCUT2D eigenvalue weighted by Gasteiger charge is -2.36. The molecule has 3 aromatic carbocycles. The Hall–Kier alpha value is -2.90. The second-order valence-electron chi connectivity index (χ2n) is 9.86. The van der Waals surface area contributed by atoms with Crippen LogP contribution in [0, 0.1) is 0 Å². The van der Waals surface area contributed by atoms with Crippen molar-refractivity contribution in [3.63, 3.8) is 0 Å². The third-order valence-corrected chi connectivity index (χ3v) is 8.18. The van der Waals surface area contributed by atoms with E-state index in [-0.39, 0.29) is 30.7 Å².